The minimum absolute atomic E-state index is 0.0477. The predicted octanol–water partition coefficient (Wildman–Crippen LogP) is 3.51. The number of ketones is 1. The number of aliphatic hydroxyl groups excluding tert-OH is 1. The molecule has 2 amide bonds. The number of methoxy groups -OCH3 is 1. The van der Waals surface area contributed by atoms with Crippen LogP contribution in [0.2, 0.25) is 0 Å². The van der Waals surface area contributed by atoms with E-state index in [0.29, 0.717) is 12.8 Å². The average Bonchev–Trinajstić information content (AvgIpc) is 3.27. The molecule has 13 atom stereocenters. The van der Waals surface area contributed by atoms with Crippen LogP contribution in [0.25, 0.3) is 0 Å². The van der Waals surface area contributed by atoms with Crippen LogP contribution in [0.15, 0.2) is 0 Å². The van der Waals surface area contributed by atoms with Crippen LogP contribution >= 0.6 is 0 Å². The maximum Gasteiger partial charge on any atom is 0.411 e. The Morgan fingerprint density at radius 3 is 2.28 bits per heavy atom. The summed E-state index contributed by atoms with van der Waals surface area (Å²) < 4.78 is 37.8. The number of carbonyl (C=O) groups excluding carboxylic acids is 4. The predicted molar refractivity (Wildman–Crippen MR) is 182 cm³/mol. The molecule has 14 nitrogen and oxygen atoms in total. The molecule has 50 heavy (non-hydrogen) atoms. The van der Waals surface area contributed by atoms with Gasteiger partial charge in [-0.15, -0.1) is 0 Å². The zero-order valence-electron chi connectivity index (χ0n) is 32.0. The fourth-order valence-corrected chi connectivity index (χ4v) is 9.02. The van der Waals surface area contributed by atoms with Gasteiger partial charge in [0.2, 0.25) is 0 Å². The largest absolute Gasteiger partial charge is 0.458 e. The molecule has 0 aromatic carbocycles. The molecule has 286 valence electrons. The molecule has 0 spiro atoms. The number of carbonyl (C=O) groups is 4. The van der Waals surface area contributed by atoms with Crippen molar-refractivity contribution in [3.8, 4) is 0 Å². The van der Waals surface area contributed by atoms with Crippen LogP contribution in [0.3, 0.4) is 0 Å². The molecule has 1 unspecified atom stereocenters. The van der Waals surface area contributed by atoms with E-state index >= 15 is 0 Å². The Morgan fingerprint density at radius 1 is 1.02 bits per heavy atom. The van der Waals surface area contributed by atoms with Crippen molar-refractivity contribution < 1.29 is 52.7 Å². The Bertz CT molecular complexity index is 1260. The standard InChI is InChI=1S/C36H61N3O11/c1-13-25-36(9)28-22(5)26(41)19(2)16-35(8,49-32(43)37-17-23(40)18-39(28)33(44)50-36)29(20(3)15-34(6,7)31(42)47-25)48-30-27(45-12)24(38(10)11)14-21(4)46-30/h19-25,27-30,40H,13-18H2,1-12H3,(H,37,43)/t19-,20+,21-,22+,23?,24+,25-,27-,28-,29-,30+,35-,36-/m1/s1. The highest BCUT2D eigenvalue weighted by atomic mass is 16.7. The first-order valence-electron chi connectivity index (χ1n) is 18.1. The summed E-state index contributed by atoms with van der Waals surface area (Å²) in [6, 6.07) is -0.936. The number of cyclic esters (lactones) is 1. The number of nitrogens with one attached hydrogen (secondary N) is 1. The lowest BCUT2D eigenvalue weighted by Gasteiger charge is -2.48. The Balaban J connectivity index is 1.92. The minimum atomic E-state index is -1.45. The molecule has 0 aromatic heterocycles. The molecule has 2 N–H and O–H groups in total. The number of amides is 2. The maximum atomic E-state index is 14.5. The van der Waals surface area contributed by atoms with E-state index in [1.54, 1.807) is 48.7 Å². The van der Waals surface area contributed by atoms with Gasteiger partial charge in [-0.1, -0.05) is 27.7 Å². The molecule has 4 saturated heterocycles. The van der Waals surface area contributed by atoms with Gasteiger partial charge in [0.1, 0.15) is 29.7 Å². The number of aliphatic hydroxyl groups is 1. The lowest BCUT2D eigenvalue weighted by molar-refractivity contribution is -0.299. The summed E-state index contributed by atoms with van der Waals surface area (Å²) in [5, 5.41) is 13.7. The van der Waals surface area contributed by atoms with Crippen LogP contribution in [0.5, 0.6) is 0 Å². The van der Waals surface area contributed by atoms with Gasteiger partial charge in [-0.3, -0.25) is 14.5 Å². The van der Waals surface area contributed by atoms with Crippen LogP contribution in [-0.4, -0.2) is 133 Å². The second kappa shape index (κ2) is 15.2. The third-order valence-electron chi connectivity index (χ3n) is 11.4. The van der Waals surface area contributed by atoms with E-state index in [2.05, 4.69) is 10.2 Å². The molecule has 4 fully saturated rings. The Morgan fingerprint density at radius 2 is 1.68 bits per heavy atom. The van der Waals surface area contributed by atoms with Gasteiger partial charge in [0, 0.05) is 31.5 Å². The zero-order chi connectivity index (χ0) is 37.5. The second-order valence-electron chi connectivity index (χ2n) is 16.4. The average molecular weight is 712 g/mol. The van der Waals surface area contributed by atoms with Crippen molar-refractivity contribution in [2.75, 3.05) is 34.3 Å². The van der Waals surface area contributed by atoms with E-state index < -0.39 is 89.3 Å². The number of Topliss-reactive ketones (excluding diaryl/α,β-unsaturated/α-hetero) is 1. The van der Waals surface area contributed by atoms with E-state index in [4.69, 9.17) is 28.4 Å². The smallest absolute Gasteiger partial charge is 0.411 e. The molecule has 0 aromatic rings. The normalized spacial score (nSPS) is 43.3. The van der Waals surface area contributed by atoms with Crippen molar-refractivity contribution in [3.63, 3.8) is 0 Å². The topological polar surface area (TPSA) is 162 Å². The van der Waals surface area contributed by atoms with Crippen LogP contribution in [-0.2, 0) is 38.0 Å². The fourth-order valence-electron chi connectivity index (χ4n) is 9.02. The van der Waals surface area contributed by atoms with Crippen LogP contribution in [0.1, 0.15) is 88.0 Å². The molecule has 0 aliphatic carbocycles. The molecule has 14 heteroatoms. The zero-order valence-corrected chi connectivity index (χ0v) is 32.0. The Hall–Kier alpha value is -2.52. The third-order valence-corrected chi connectivity index (χ3v) is 11.4. The molecule has 0 radical (unpaired) electrons. The highest BCUT2D eigenvalue weighted by molar-refractivity contribution is 5.85. The van der Waals surface area contributed by atoms with Crippen molar-refractivity contribution in [2.45, 2.75) is 148 Å². The van der Waals surface area contributed by atoms with Gasteiger partial charge in [0.25, 0.3) is 0 Å². The molecule has 2 bridgehead atoms. The number of β-amino-alcohol motifs (C(OH)–C–C–N with tert-alkyl or cyclic N) is 1. The number of fused-ring (bicyclic) bond motifs is 4. The van der Waals surface area contributed by atoms with Crippen molar-refractivity contribution in [3.05, 3.63) is 0 Å². The molecule has 0 saturated carbocycles. The number of nitrogens with zero attached hydrogens (tertiary/aromatic N) is 2. The van der Waals surface area contributed by atoms with E-state index in [0.717, 1.165) is 0 Å². The molecule has 4 rings (SSSR count). The van der Waals surface area contributed by atoms with Gasteiger partial charge in [0.15, 0.2) is 11.9 Å². The highest BCUT2D eigenvalue weighted by Crippen LogP contribution is 2.45. The van der Waals surface area contributed by atoms with E-state index in [1.807, 2.05) is 34.9 Å². The van der Waals surface area contributed by atoms with Crippen LogP contribution < -0.4 is 5.32 Å². The molecule has 4 heterocycles. The lowest BCUT2D eigenvalue weighted by Crippen LogP contribution is -2.60. The molecular formula is C36H61N3O11. The number of ether oxygens (including phenoxy) is 6. The summed E-state index contributed by atoms with van der Waals surface area (Å²) in [6.45, 7) is 15.8. The van der Waals surface area contributed by atoms with Crippen molar-refractivity contribution in [1.82, 2.24) is 15.1 Å². The maximum absolute atomic E-state index is 14.5. The summed E-state index contributed by atoms with van der Waals surface area (Å²) in [4.78, 5) is 59.2. The fraction of sp³-hybridized carbons (Fsp3) is 0.889. The Labute approximate surface area is 297 Å². The van der Waals surface area contributed by atoms with Crippen molar-refractivity contribution in [2.24, 2.45) is 23.2 Å². The van der Waals surface area contributed by atoms with Crippen LogP contribution in [0.4, 0.5) is 9.59 Å². The van der Waals surface area contributed by atoms with Gasteiger partial charge in [-0.05, 0) is 80.3 Å². The Kier molecular flexibility index (Phi) is 12.3. The first-order chi connectivity index (χ1) is 23.2. The number of alkyl carbamates (subject to hydrolysis) is 1. The van der Waals surface area contributed by atoms with Gasteiger partial charge >= 0.3 is 18.2 Å². The van der Waals surface area contributed by atoms with E-state index in [1.165, 1.54) is 4.90 Å². The van der Waals surface area contributed by atoms with Gasteiger partial charge in [-0.2, -0.15) is 0 Å². The first-order valence-corrected chi connectivity index (χ1v) is 18.1. The third kappa shape index (κ3) is 7.94. The van der Waals surface area contributed by atoms with Gasteiger partial charge in [0.05, 0.1) is 30.2 Å². The molecule has 4 aliphatic rings. The number of hydrogen-bond donors (Lipinski definition) is 2. The second-order valence-corrected chi connectivity index (χ2v) is 16.4. The monoisotopic (exact) mass is 711 g/mol. The summed E-state index contributed by atoms with van der Waals surface area (Å²) in [5.41, 5.74) is -3.93. The highest BCUT2D eigenvalue weighted by Gasteiger charge is 2.61. The van der Waals surface area contributed by atoms with Crippen molar-refractivity contribution in [1.29, 1.82) is 0 Å². The van der Waals surface area contributed by atoms with Gasteiger partial charge in [-0.25, -0.2) is 9.59 Å². The molecule has 4 aliphatic heterocycles. The summed E-state index contributed by atoms with van der Waals surface area (Å²) in [7, 11) is 5.54. The van der Waals surface area contributed by atoms with E-state index in [9.17, 15) is 24.3 Å². The molecular weight excluding hydrogens is 650 g/mol. The van der Waals surface area contributed by atoms with Gasteiger partial charge < -0.3 is 43.7 Å². The minimum Gasteiger partial charge on any atom is -0.458 e. The summed E-state index contributed by atoms with van der Waals surface area (Å²) in [6.07, 6.45) is -4.85. The first kappa shape index (κ1) is 40.3. The summed E-state index contributed by atoms with van der Waals surface area (Å²) >= 11 is 0. The number of rotatable bonds is 5. The summed E-state index contributed by atoms with van der Waals surface area (Å²) in [5.74, 6) is -2.68. The SMILES string of the molecule is CC[C@H]1OC(=O)C(C)(C)C[C@H](C)[C@@H](O[C@@H]2O[C@H](C)C[C@H](N(C)C)[C@H]2OC)[C@@]2(C)C[C@@H](C)C(=O)[C@H](C)[C@H]3N(CC(O)CNC(=O)O2)C(=O)O[C@]13C. The number of esters is 1. The van der Waals surface area contributed by atoms with Crippen LogP contribution in [0, 0.1) is 23.2 Å². The van der Waals surface area contributed by atoms with E-state index in [-0.39, 0.29) is 43.9 Å². The quantitative estimate of drug-likeness (QED) is 0.316. The van der Waals surface area contributed by atoms with Crippen molar-refractivity contribution >= 4 is 23.9 Å². The lowest BCUT2D eigenvalue weighted by atomic mass is 9.72. The number of hydrogen-bond acceptors (Lipinski definition) is 12. The number of likely N-dealkylation sites (N-methyl/N-ethyl adjacent to an activating group) is 1.